The molecule has 0 spiro atoms. The zero-order valence-corrected chi connectivity index (χ0v) is 20.1. The van der Waals surface area contributed by atoms with Crippen molar-refractivity contribution in [3.8, 4) is 11.4 Å². The number of hydrogen-bond acceptors (Lipinski definition) is 7. The summed E-state index contributed by atoms with van der Waals surface area (Å²) in [6, 6.07) is 21.4. The topological polar surface area (TPSA) is 104 Å². The van der Waals surface area contributed by atoms with Gasteiger partial charge in [-0.3, -0.25) is 9.78 Å². The minimum atomic E-state index is -0.508. The average Bonchev–Trinajstić information content (AvgIpc) is 3.59. The van der Waals surface area contributed by atoms with Gasteiger partial charge in [0.25, 0.3) is 5.91 Å². The number of aromatic nitrogens is 3. The average molecular weight is 484 g/mol. The number of benzene rings is 2. The van der Waals surface area contributed by atoms with Crippen LogP contribution in [0.2, 0.25) is 0 Å². The third kappa shape index (κ3) is 5.50. The van der Waals surface area contributed by atoms with Gasteiger partial charge in [-0.05, 0) is 54.7 Å². The van der Waals surface area contributed by atoms with Crippen LogP contribution < -0.4 is 5.32 Å². The van der Waals surface area contributed by atoms with E-state index in [1.165, 1.54) is 0 Å². The van der Waals surface area contributed by atoms with Crippen molar-refractivity contribution in [3.05, 3.63) is 102 Å². The number of nitrogens with one attached hydrogen (secondary N) is 1. The molecule has 184 valence electrons. The van der Waals surface area contributed by atoms with E-state index in [1.807, 2.05) is 54.6 Å². The summed E-state index contributed by atoms with van der Waals surface area (Å²) in [5.74, 6) is 0.723. The molecule has 0 unspecified atom stereocenters. The molecule has 2 N–H and O–H groups in total. The lowest BCUT2D eigenvalue weighted by molar-refractivity contribution is 0.0769. The number of carbonyl (C=O) groups excluding carboxylic acids is 1. The Bertz CT molecular complexity index is 1280. The Morgan fingerprint density at radius 3 is 2.58 bits per heavy atom. The van der Waals surface area contributed by atoms with E-state index < -0.39 is 6.10 Å². The minimum absolute atomic E-state index is 0.0516. The lowest BCUT2D eigenvalue weighted by atomic mass is 10.0. The van der Waals surface area contributed by atoms with Crippen LogP contribution in [-0.2, 0) is 13.0 Å². The molecular weight excluding hydrogens is 454 g/mol. The number of amides is 1. The molecule has 3 atom stereocenters. The predicted octanol–water partition coefficient (Wildman–Crippen LogP) is 3.80. The Hall–Kier alpha value is -3.88. The largest absolute Gasteiger partial charge is 0.387 e. The Labute approximate surface area is 210 Å². The highest BCUT2D eigenvalue weighted by atomic mass is 16.5. The van der Waals surface area contributed by atoms with Gasteiger partial charge in [-0.2, -0.15) is 4.98 Å². The van der Waals surface area contributed by atoms with Gasteiger partial charge >= 0.3 is 0 Å². The molecule has 0 radical (unpaired) electrons. The second-order valence-corrected chi connectivity index (χ2v) is 9.21. The fourth-order valence-electron chi connectivity index (χ4n) is 4.64. The first-order chi connectivity index (χ1) is 17.6. The van der Waals surface area contributed by atoms with Crippen molar-refractivity contribution in [3.63, 3.8) is 0 Å². The molecular formula is C28H29N5O3. The molecule has 8 heteroatoms. The lowest BCUT2D eigenvalue weighted by Gasteiger charge is -2.20. The summed E-state index contributed by atoms with van der Waals surface area (Å²) >= 11 is 0. The van der Waals surface area contributed by atoms with E-state index in [9.17, 15) is 9.90 Å². The number of carbonyl (C=O) groups is 1. The maximum absolute atomic E-state index is 12.9. The van der Waals surface area contributed by atoms with E-state index in [2.05, 4.69) is 20.4 Å². The third-order valence-electron chi connectivity index (χ3n) is 6.61. The Balaban J connectivity index is 1.14. The molecule has 8 nitrogen and oxygen atoms in total. The highest BCUT2D eigenvalue weighted by molar-refractivity contribution is 5.94. The number of pyridine rings is 1. The van der Waals surface area contributed by atoms with Crippen LogP contribution in [0.5, 0.6) is 0 Å². The SMILES string of the molecule is CN(Cc1nc(-c2ccncc2)no1)C(=O)c1ccc(C[C@@H]2CC[C@H]([C@H](O)c3ccccc3)N2)cc1. The van der Waals surface area contributed by atoms with Crippen LogP contribution in [0.3, 0.4) is 0 Å². The second-order valence-electron chi connectivity index (χ2n) is 9.21. The Morgan fingerprint density at radius 2 is 1.83 bits per heavy atom. The molecule has 3 heterocycles. The molecule has 0 aliphatic carbocycles. The summed E-state index contributed by atoms with van der Waals surface area (Å²) in [6.45, 7) is 0.218. The fraction of sp³-hybridized carbons (Fsp3) is 0.286. The van der Waals surface area contributed by atoms with Gasteiger partial charge in [-0.25, -0.2) is 0 Å². The van der Waals surface area contributed by atoms with Crippen LogP contribution in [-0.4, -0.2) is 50.2 Å². The van der Waals surface area contributed by atoms with Crippen molar-refractivity contribution >= 4 is 5.91 Å². The summed E-state index contributed by atoms with van der Waals surface area (Å²) in [6.07, 6.45) is 5.61. The molecule has 4 aromatic rings. The van der Waals surface area contributed by atoms with Crippen LogP contribution in [0, 0.1) is 0 Å². The smallest absolute Gasteiger partial charge is 0.254 e. The van der Waals surface area contributed by atoms with E-state index in [4.69, 9.17) is 4.52 Å². The zero-order valence-electron chi connectivity index (χ0n) is 20.1. The molecule has 0 bridgehead atoms. The van der Waals surface area contributed by atoms with Crippen molar-refractivity contribution in [2.75, 3.05) is 7.05 Å². The Morgan fingerprint density at radius 1 is 1.08 bits per heavy atom. The van der Waals surface area contributed by atoms with Crippen molar-refractivity contribution in [2.45, 2.75) is 44.0 Å². The van der Waals surface area contributed by atoms with E-state index in [0.717, 1.165) is 36.0 Å². The second kappa shape index (κ2) is 10.8. The van der Waals surface area contributed by atoms with Gasteiger partial charge in [0.15, 0.2) is 0 Å². The number of aliphatic hydroxyl groups excluding tert-OH is 1. The summed E-state index contributed by atoms with van der Waals surface area (Å²) in [5, 5.41) is 18.3. The summed E-state index contributed by atoms with van der Waals surface area (Å²) in [7, 11) is 1.72. The van der Waals surface area contributed by atoms with E-state index in [1.54, 1.807) is 36.5 Å². The first kappa shape index (κ1) is 23.8. The van der Waals surface area contributed by atoms with Crippen LogP contribution in [0.15, 0.2) is 83.6 Å². The Kier molecular flexibility index (Phi) is 7.16. The van der Waals surface area contributed by atoms with E-state index in [0.29, 0.717) is 23.3 Å². The van der Waals surface area contributed by atoms with Gasteiger partial charge in [0.1, 0.15) is 0 Å². The molecule has 36 heavy (non-hydrogen) atoms. The highest BCUT2D eigenvalue weighted by Crippen LogP contribution is 2.26. The zero-order chi connectivity index (χ0) is 24.9. The quantitative estimate of drug-likeness (QED) is 0.393. The number of rotatable bonds is 8. The van der Waals surface area contributed by atoms with Gasteiger partial charge in [0.05, 0.1) is 12.6 Å². The number of aliphatic hydroxyl groups is 1. The minimum Gasteiger partial charge on any atom is -0.387 e. The van der Waals surface area contributed by atoms with Crippen LogP contribution >= 0.6 is 0 Å². The van der Waals surface area contributed by atoms with Crippen molar-refractivity contribution in [1.82, 2.24) is 25.3 Å². The fourth-order valence-corrected chi connectivity index (χ4v) is 4.64. The van der Waals surface area contributed by atoms with Crippen molar-refractivity contribution in [2.24, 2.45) is 0 Å². The molecule has 0 saturated carbocycles. The van der Waals surface area contributed by atoms with Gasteiger partial charge < -0.3 is 19.8 Å². The van der Waals surface area contributed by atoms with Crippen molar-refractivity contribution in [1.29, 1.82) is 0 Å². The van der Waals surface area contributed by atoms with Gasteiger partial charge in [0.2, 0.25) is 11.7 Å². The molecule has 1 amide bonds. The van der Waals surface area contributed by atoms with Gasteiger partial charge in [-0.15, -0.1) is 0 Å². The van der Waals surface area contributed by atoms with Crippen molar-refractivity contribution < 1.29 is 14.4 Å². The molecule has 1 fully saturated rings. The van der Waals surface area contributed by atoms with E-state index >= 15 is 0 Å². The normalized spacial score (nSPS) is 18.2. The molecule has 2 aromatic carbocycles. The number of nitrogens with zero attached hydrogens (tertiary/aromatic N) is 4. The molecule has 5 rings (SSSR count). The standard InChI is InChI=1S/C28H29N5O3/c1-33(18-25-31-27(32-36-25)21-13-15-29-16-14-21)28(35)22-9-7-19(8-10-22)17-23-11-12-24(30-23)26(34)20-5-3-2-4-6-20/h2-10,13-16,23-24,26,30,34H,11-12,17-18H2,1H3/t23-,24+,26+/m0/s1. The third-order valence-corrected chi connectivity index (χ3v) is 6.61. The van der Waals surface area contributed by atoms with Crippen LogP contribution in [0.25, 0.3) is 11.4 Å². The van der Waals surface area contributed by atoms with E-state index in [-0.39, 0.29) is 18.5 Å². The monoisotopic (exact) mass is 483 g/mol. The van der Waals surface area contributed by atoms with Crippen LogP contribution in [0.4, 0.5) is 0 Å². The number of hydrogen-bond donors (Lipinski definition) is 2. The first-order valence-electron chi connectivity index (χ1n) is 12.1. The maximum Gasteiger partial charge on any atom is 0.254 e. The molecule has 1 aliphatic heterocycles. The molecule has 2 aromatic heterocycles. The van der Waals surface area contributed by atoms with Gasteiger partial charge in [0, 0.05) is 42.7 Å². The summed E-state index contributed by atoms with van der Waals surface area (Å²) in [5.41, 5.74) is 3.51. The first-order valence-corrected chi connectivity index (χ1v) is 12.1. The molecule has 1 aliphatic rings. The summed E-state index contributed by atoms with van der Waals surface area (Å²) in [4.78, 5) is 22.9. The summed E-state index contributed by atoms with van der Waals surface area (Å²) < 4.78 is 5.32. The molecule has 1 saturated heterocycles. The predicted molar refractivity (Wildman–Crippen MR) is 135 cm³/mol. The lowest BCUT2D eigenvalue weighted by Crippen LogP contribution is -2.35. The van der Waals surface area contributed by atoms with Gasteiger partial charge in [-0.1, -0.05) is 47.6 Å². The maximum atomic E-state index is 12.9. The van der Waals surface area contributed by atoms with Crippen LogP contribution in [0.1, 0.15) is 46.3 Å². The highest BCUT2D eigenvalue weighted by Gasteiger charge is 2.30.